The van der Waals surface area contributed by atoms with Gasteiger partial charge in [-0.05, 0) is 36.8 Å². The maximum absolute atomic E-state index is 13.0. The summed E-state index contributed by atoms with van der Waals surface area (Å²) in [5.74, 6) is -1.24. The molecule has 0 aliphatic carbocycles. The molecule has 148 valence electrons. The highest BCUT2D eigenvalue weighted by molar-refractivity contribution is 6.15. The minimum atomic E-state index is -0.880. The predicted octanol–water partition coefficient (Wildman–Crippen LogP) is 2.53. The third kappa shape index (κ3) is 3.34. The van der Waals surface area contributed by atoms with Gasteiger partial charge in [0.15, 0.2) is 23.0 Å². The molecule has 0 saturated carbocycles. The number of carbonyl (C=O) groups excluding carboxylic acids is 2. The second-order valence-electron chi connectivity index (χ2n) is 6.33. The Morgan fingerprint density at radius 3 is 2.57 bits per heavy atom. The molecule has 1 aliphatic heterocycles. The number of nitrogens with zero attached hydrogens (tertiary/aromatic N) is 1. The summed E-state index contributed by atoms with van der Waals surface area (Å²) in [6, 6.07) is 6.73. The predicted molar refractivity (Wildman–Crippen MR) is 98.4 cm³/mol. The first-order valence-electron chi connectivity index (χ1n) is 8.60. The molecule has 1 aromatic heterocycles. The van der Waals surface area contributed by atoms with Gasteiger partial charge in [0.2, 0.25) is 5.78 Å². The van der Waals surface area contributed by atoms with E-state index in [9.17, 15) is 19.8 Å². The van der Waals surface area contributed by atoms with Gasteiger partial charge in [-0.1, -0.05) is 6.07 Å². The number of methoxy groups -OCH3 is 2. The van der Waals surface area contributed by atoms with Crippen molar-refractivity contribution in [2.75, 3.05) is 27.4 Å². The van der Waals surface area contributed by atoms with E-state index in [2.05, 4.69) is 0 Å². The maximum atomic E-state index is 13.0. The van der Waals surface area contributed by atoms with Gasteiger partial charge in [-0.15, -0.1) is 0 Å². The summed E-state index contributed by atoms with van der Waals surface area (Å²) in [5.41, 5.74) is 0.401. The molecule has 8 nitrogen and oxygen atoms in total. The molecule has 2 N–H and O–H groups in total. The van der Waals surface area contributed by atoms with Crippen LogP contribution in [0, 0.1) is 6.92 Å². The first kappa shape index (κ1) is 19.5. The zero-order valence-electron chi connectivity index (χ0n) is 15.8. The van der Waals surface area contributed by atoms with E-state index in [0.717, 1.165) is 0 Å². The number of hydrogen-bond donors (Lipinski definition) is 2. The van der Waals surface area contributed by atoms with Crippen LogP contribution in [-0.2, 0) is 9.53 Å². The normalized spacial score (nSPS) is 16.8. The van der Waals surface area contributed by atoms with Crippen LogP contribution in [0.5, 0.6) is 11.5 Å². The summed E-state index contributed by atoms with van der Waals surface area (Å²) in [4.78, 5) is 27.0. The summed E-state index contributed by atoms with van der Waals surface area (Å²) < 4.78 is 15.6. The number of phenols is 1. The number of aliphatic hydroxyl groups excluding tert-OH is 1. The lowest BCUT2D eigenvalue weighted by Crippen LogP contribution is -2.34. The van der Waals surface area contributed by atoms with Crippen LogP contribution in [0.25, 0.3) is 0 Å². The molecule has 0 spiro atoms. The third-order valence-electron chi connectivity index (χ3n) is 4.57. The fourth-order valence-corrected chi connectivity index (χ4v) is 3.21. The second-order valence-corrected chi connectivity index (χ2v) is 6.33. The Labute approximate surface area is 161 Å². The molecule has 1 aliphatic rings. The van der Waals surface area contributed by atoms with E-state index < -0.39 is 23.5 Å². The Kier molecular flexibility index (Phi) is 5.41. The summed E-state index contributed by atoms with van der Waals surface area (Å²) in [7, 11) is 2.89. The summed E-state index contributed by atoms with van der Waals surface area (Å²) >= 11 is 0. The fraction of sp³-hybridized carbons (Fsp3) is 0.300. The molecule has 2 heterocycles. The molecule has 0 radical (unpaired) electrons. The number of aryl methyl sites for hydroxylation is 1. The van der Waals surface area contributed by atoms with Crippen LogP contribution in [-0.4, -0.2) is 54.2 Å². The molecule has 1 aromatic carbocycles. The lowest BCUT2D eigenvalue weighted by Gasteiger charge is -2.26. The van der Waals surface area contributed by atoms with Gasteiger partial charge in [-0.25, -0.2) is 0 Å². The Morgan fingerprint density at radius 2 is 1.96 bits per heavy atom. The molecular formula is C20H21NO7. The lowest BCUT2D eigenvalue weighted by atomic mass is 9.94. The standard InChI is InChI=1S/C20H21NO7/c1-11-4-7-14(28-11)18(23)16-17(12-5-6-13(22)15(10-12)27-3)21(8-9-26-2)20(25)19(16)24/h4-7,10,17,22,24H,8-9H2,1-3H3/t17-/m1/s1. The molecule has 8 heteroatoms. The number of carbonyl (C=O) groups is 2. The van der Waals surface area contributed by atoms with Crippen molar-refractivity contribution in [2.24, 2.45) is 0 Å². The third-order valence-corrected chi connectivity index (χ3v) is 4.57. The van der Waals surface area contributed by atoms with Gasteiger partial charge in [0.1, 0.15) is 5.76 Å². The summed E-state index contributed by atoms with van der Waals surface area (Å²) in [6.07, 6.45) is 0. The Bertz CT molecular complexity index is 944. The molecule has 0 unspecified atom stereocenters. The molecule has 2 aromatic rings. The molecule has 0 saturated heterocycles. The van der Waals surface area contributed by atoms with E-state index >= 15 is 0 Å². The van der Waals surface area contributed by atoms with E-state index in [4.69, 9.17) is 13.9 Å². The van der Waals surface area contributed by atoms with Gasteiger partial charge >= 0.3 is 0 Å². The molecule has 1 amide bonds. The zero-order chi connectivity index (χ0) is 20.4. The number of phenolic OH excluding ortho intramolecular Hbond substituents is 1. The van der Waals surface area contributed by atoms with E-state index in [1.165, 1.54) is 37.3 Å². The monoisotopic (exact) mass is 387 g/mol. The van der Waals surface area contributed by atoms with Gasteiger partial charge < -0.3 is 29.0 Å². The van der Waals surface area contributed by atoms with Crippen LogP contribution in [0.15, 0.2) is 46.1 Å². The van der Waals surface area contributed by atoms with Crippen molar-refractivity contribution < 1.29 is 33.7 Å². The Morgan fingerprint density at radius 1 is 1.21 bits per heavy atom. The van der Waals surface area contributed by atoms with Gasteiger partial charge in [-0.3, -0.25) is 9.59 Å². The first-order valence-corrected chi connectivity index (χ1v) is 8.60. The van der Waals surface area contributed by atoms with E-state index in [0.29, 0.717) is 11.3 Å². The average Bonchev–Trinajstić information content (AvgIpc) is 3.22. The highest BCUT2D eigenvalue weighted by Crippen LogP contribution is 2.41. The highest BCUT2D eigenvalue weighted by Gasteiger charge is 2.44. The van der Waals surface area contributed by atoms with Crippen molar-refractivity contribution in [3.8, 4) is 11.5 Å². The molecular weight excluding hydrogens is 366 g/mol. The van der Waals surface area contributed by atoms with E-state index in [-0.39, 0.29) is 36.0 Å². The lowest BCUT2D eigenvalue weighted by molar-refractivity contribution is -0.130. The second kappa shape index (κ2) is 7.77. The van der Waals surface area contributed by atoms with E-state index in [1.54, 1.807) is 19.1 Å². The van der Waals surface area contributed by atoms with Crippen molar-refractivity contribution >= 4 is 11.7 Å². The van der Waals surface area contributed by atoms with E-state index in [1.807, 2.05) is 0 Å². The van der Waals surface area contributed by atoms with Crippen LogP contribution in [0.4, 0.5) is 0 Å². The summed E-state index contributed by atoms with van der Waals surface area (Å²) in [6.45, 7) is 2.06. The number of aliphatic hydroxyl groups is 1. The number of aromatic hydroxyl groups is 1. The number of amides is 1. The van der Waals surface area contributed by atoms with Crippen LogP contribution >= 0.6 is 0 Å². The first-order chi connectivity index (χ1) is 13.4. The summed E-state index contributed by atoms with van der Waals surface area (Å²) in [5, 5.41) is 20.4. The minimum absolute atomic E-state index is 0.0242. The zero-order valence-corrected chi connectivity index (χ0v) is 15.8. The van der Waals surface area contributed by atoms with Crippen LogP contribution in [0.1, 0.15) is 27.9 Å². The topological polar surface area (TPSA) is 109 Å². The van der Waals surface area contributed by atoms with Crippen molar-refractivity contribution in [1.29, 1.82) is 0 Å². The number of benzene rings is 1. The van der Waals surface area contributed by atoms with Crippen LogP contribution in [0.2, 0.25) is 0 Å². The van der Waals surface area contributed by atoms with Crippen molar-refractivity contribution in [2.45, 2.75) is 13.0 Å². The minimum Gasteiger partial charge on any atom is -0.504 e. The van der Waals surface area contributed by atoms with Gasteiger partial charge in [-0.2, -0.15) is 0 Å². The number of furan rings is 1. The smallest absolute Gasteiger partial charge is 0.290 e. The molecule has 28 heavy (non-hydrogen) atoms. The number of rotatable bonds is 7. The molecule has 3 rings (SSSR count). The molecule has 1 atom stereocenters. The largest absolute Gasteiger partial charge is 0.504 e. The quantitative estimate of drug-likeness (QED) is 0.703. The fourth-order valence-electron chi connectivity index (χ4n) is 3.21. The average molecular weight is 387 g/mol. The number of ether oxygens (including phenoxy) is 2. The highest BCUT2D eigenvalue weighted by atomic mass is 16.5. The van der Waals surface area contributed by atoms with Gasteiger partial charge in [0, 0.05) is 13.7 Å². The van der Waals surface area contributed by atoms with Gasteiger partial charge in [0.25, 0.3) is 5.91 Å². The number of hydrogen-bond acceptors (Lipinski definition) is 7. The van der Waals surface area contributed by atoms with Crippen molar-refractivity contribution in [3.63, 3.8) is 0 Å². The van der Waals surface area contributed by atoms with Crippen molar-refractivity contribution in [3.05, 3.63) is 58.7 Å². The van der Waals surface area contributed by atoms with Crippen molar-refractivity contribution in [1.82, 2.24) is 4.90 Å². The number of Topliss-reactive ketones (excluding diaryl/α,β-unsaturated/α-hetero) is 1. The van der Waals surface area contributed by atoms with Crippen LogP contribution < -0.4 is 4.74 Å². The maximum Gasteiger partial charge on any atom is 0.290 e. The Hall–Kier alpha value is -3.26. The number of ketones is 1. The molecule has 0 bridgehead atoms. The van der Waals surface area contributed by atoms with Crippen LogP contribution in [0.3, 0.4) is 0 Å². The van der Waals surface area contributed by atoms with Gasteiger partial charge in [0.05, 0.1) is 25.3 Å². The molecule has 0 fully saturated rings. The Balaban J connectivity index is 2.11. The SMILES string of the molecule is COCCN1C(=O)C(O)=C(C(=O)c2ccc(C)o2)[C@H]1c1ccc(O)c(OC)c1.